The van der Waals surface area contributed by atoms with Crippen molar-refractivity contribution in [2.75, 3.05) is 11.9 Å². The minimum atomic E-state index is -1.15. The van der Waals surface area contributed by atoms with Crippen LogP contribution in [0, 0.1) is 13.8 Å². The number of carbonyl (C=O) groups is 4. The van der Waals surface area contributed by atoms with E-state index in [2.05, 4.69) is 16.0 Å². The lowest BCUT2D eigenvalue weighted by Gasteiger charge is -2.33. The third-order valence-corrected chi connectivity index (χ3v) is 5.84. The molecule has 0 aromatic heterocycles. The molecule has 4 rings (SSSR count). The van der Waals surface area contributed by atoms with Crippen molar-refractivity contribution in [2.24, 2.45) is 0 Å². The molecule has 2 aromatic carbocycles. The van der Waals surface area contributed by atoms with Crippen LogP contribution in [0.2, 0.25) is 0 Å². The van der Waals surface area contributed by atoms with Crippen LogP contribution in [0.4, 0.5) is 15.3 Å². The Bertz CT molecular complexity index is 1100. The van der Waals surface area contributed by atoms with E-state index in [1.54, 1.807) is 6.07 Å². The number of amides is 6. The molecule has 1 spiro atoms. The number of aryl methyl sites for hydroxylation is 3. The number of rotatable bonds is 3. The predicted octanol–water partition coefficient (Wildman–Crippen LogP) is 2.74. The Balaban J connectivity index is 1.44. The highest BCUT2D eigenvalue weighted by molar-refractivity contribution is 6.11. The highest BCUT2D eigenvalue weighted by Crippen LogP contribution is 2.39. The summed E-state index contributed by atoms with van der Waals surface area (Å²) in [6.45, 7) is 3.25. The summed E-state index contributed by atoms with van der Waals surface area (Å²) >= 11 is 0. The van der Waals surface area contributed by atoms with E-state index < -0.39 is 36.0 Å². The van der Waals surface area contributed by atoms with E-state index >= 15 is 0 Å². The van der Waals surface area contributed by atoms with Crippen LogP contribution in [0.15, 0.2) is 42.5 Å². The van der Waals surface area contributed by atoms with Crippen molar-refractivity contribution in [1.82, 2.24) is 15.5 Å². The average Bonchev–Trinajstić information content (AvgIpc) is 2.95. The van der Waals surface area contributed by atoms with Crippen molar-refractivity contribution in [1.29, 1.82) is 0 Å². The molecule has 6 amide bonds. The fraction of sp³-hybridized carbons (Fsp3) is 0.304. The highest BCUT2D eigenvalue weighted by Gasteiger charge is 2.54. The molecule has 1 atom stereocenters. The molecule has 8 nitrogen and oxygen atoms in total. The van der Waals surface area contributed by atoms with E-state index in [1.807, 2.05) is 50.2 Å². The van der Waals surface area contributed by atoms with Gasteiger partial charge in [0.2, 0.25) is 5.91 Å². The second-order valence-corrected chi connectivity index (χ2v) is 8.06. The van der Waals surface area contributed by atoms with Gasteiger partial charge < -0.3 is 10.6 Å². The van der Waals surface area contributed by atoms with Gasteiger partial charge in [0.1, 0.15) is 12.1 Å². The fourth-order valence-electron chi connectivity index (χ4n) is 4.37. The number of anilines is 1. The zero-order chi connectivity index (χ0) is 22.2. The SMILES string of the molecule is Cc1ccc(NC(=O)NC(=O)CN2C(=O)N[C@@]3(CCCc4ccccc43)C2=O)c(C)c1. The van der Waals surface area contributed by atoms with Gasteiger partial charge in [-0.3, -0.25) is 19.8 Å². The lowest BCUT2D eigenvalue weighted by molar-refractivity contribution is -0.135. The normalized spacial score (nSPS) is 19.7. The number of nitrogens with zero attached hydrogens (tertiary/aromatic N) is 1. The number of hydrogen-bond acceptors (Lipinski definition) is 4. The van der Waals surface area contributed by atoms with Crippen molar-refractivity contribution in [3.05, 3.63) is 64.7 Å². The van der Waals surface area contributed by atoms with E-state index in [0.717, 1.165) is 40.0 Å². The topological polar surface area (TPSA) is 108 Å². The molecule has 1 fully saturated rings. The van der Waals surface area contributed by atoms with Gasteiger partial charge in [0, 0.05) is 5.69 Å². The van der Waals surface area contributed by atoms with E-state index in [0.29, 0.717) is 12.1 Å². The zero-order valence-electron chi connectivity index (χ0n) is 17.5. The van der Waals surface area contributed by atoms with E-state index in [1.165, 1.54) is 0 Å². The Morgan fingerprint density at radius 1 is 1.13 bits per heavy atom. The summed E-state index contributed by atoms with van der Waals surface area (Å²) < 4.78 is 0. The number of fused-ring (bicyclic) bond motifs is 2. The Hall–Kier alpha value is -3.68. The van der Waals surface area contributed by atoms with Crippen LogP contribution in [0.5, 0.6) is 0 Å². The third-order valence-electron chi connectivity index (χ3n) is 5.84. The molecule has 31 heavy (non-hydrogen) atoms. The number of imide groups is 2. The summed E-state index contributed by atoms with van der Waals surface area (Å²) in [5.41, 5.74) is 3.12. The van der Waals surface area contributed by atoms with Gasteiger partial charge in [-0.25, -0.2) is 9.59 Å². The monoisotopic (exact) mass is 420 g/mol. The quantitative estimate of drug-likeness (QED) is 0.664. The minimum absolute atomic E-state index is 0.463. The van der Waals surface area contributed by atoms with E-state index in [4.69, 9.17) is 0 Å². The molecule has 2 aromatic rings. The van der Waals surface area contributed by atoms with E-state index in [9.17, 15) is 19.2 Å². The first-order valence-electron chi connectivity index (χ1n) is 10.2. The number of benzene rings is 2. The summed E-state index contributed by atoms with van der Waals surface area (Å²) in [7, 11) is 0. The Kier molecular flexibility index (Phi) is 5.22. The van der Waals surface area contributed by atoms with Crippen molar-refractivity contribution < 1.29 is 19.2 Å². The number of carbonyl (C=O) groups excluding carboxylic acids is 4. The van der Waals surface area contributed by atoms with Crippen LogP contribution in [0.1, 0.15) is 35.1 Å². The van der Waals surface area contributed by atoms with Gasteiger partial charge >= 0.3 is 12.1 Å². The smallest absolute Gasteiger partial charge is 0.319 e. The fourth-order valence-corrected chi connectivity index (χ4v) is 4.37. The van der Waals surface area contributed by atoms with Gasteiger partial charge in [-0.15, -0.1) is 0 Å². The number of urea groups is 2. The van der Waals surface area contributed by atoms with E-state index in [-0.39, 0.29) is 0 Å². The number of hydrogen-bond donors (Lipinski definition) is 3. The predicted molar refractivity (Wildman–Crippen MR) is 114 cm³/mol. The van der Waals surface area contributed by atoms with Crippen molar-refractivity contribution in [3.63, 3.8) is 0 Å². The molecule has 1 saturated heterocycles. The third kappa shape index (κ3) is 3.76. The molecule has 3 N–H and O–H groups in total. The van der Waals surface area contributed by atoms with Gasteiger partial charge in [-0.1, -0.05) is 42.0 Å². The first-order chi connectivity index (χ1) is 14.8. The molecule has 160 valence electrons. The molecule has 0 bridgehead atoms. The molecular weight excluding hydrogens is 396 g/mol. The second-order valence-electron chi connectivity index (χ2n) is 8.06. The second kappa shape index (κ2) is 7.86. The van der Waals surface area contributed by atoms with Gasteiger partial charge in [-0.2, -0.15) is 0 Å². The lowest BCUT2D eigenvalue weighted by atomic mass is 9.76. The molecule has 2 aliphatic rings. The molecule has 1 aliphatic heterocycles. The minimum Gasteiger partial charge on any atom is -0.319 e. The highest BCUT2D eigenvalue weighted by atomic mass is 16.2. The first-order valence-corrected chi connectivity index (χ1v) is 10.2. The maximum Gasteiger partial charge on any atom is 0.325 e. The number of nitrogens with one attached hydrogen (secondary N) is 3. The molecule has 1 heterocycles. The maximum atomic E-state index is 13.2. The van der Waals surface area contributed by atoms with Gasteiger partial charge in [-0.05, 0) is 55.9 Å². The van der Waals surface area contributed by atoms with Crippen LogP contribution in [0.25, 0.3) is 0 Å². The van der Waals surface area contributed by atoms with Crippen LogP contribution in [-0.2, 0) is 21.5 Å². The van der Waals surface area contributed by atoms with Gasteiger partial charge in [0.25, 0.3) is 5.91 Å². The molecule has 0 unspecified atom stereocenters. The maximum absolute atomic E-state index is 13.2. The summed E-state index contributed by atoms with van der Waals surface area (Å²) in [5, 5.41) is 7.59. The van der Waals surface area contributed by atoms with Crippen molar-refractivity contribution in [3.8, 4) is 0 Å². The average molecular weight is 420 g/mol. The van der Waals surface area contributed by atoms with Crippen molar-refractivity contribution >= 4 is 29.6 Å². The standard InChI is InChI=1S/C23H24N4O4/c1-14-9-10-18(15(2)12-14)24-21(30)25-19(28)13-27-20(29)23(26-22(27)31)11-5-7-16-6-3-4-8-17(16)23/h3-4,6,8-10,12H,5,7,11,13H2,1-2H3,(H,26,31)(H2,24,25,28,30)/t23-/m1/s1. The van der Waals surface area contributed by atoms with Gasteiger partial charge in [0.15, 0.2) is 0 Å². The summed E-state index contributed by atoms with van der Waals surface area (Å²) in [5.74, 6) is -1.21. The Morgan fingerprint density at radius 3 is 2.68 bits per heavy atom. The van der Waals surface area contributed by atoms with Gasteiger partial charge in [0.05, 0.1) is 0 Å². The molecule has 8 heteroatoms. The van der Waals surface area contributed by atoms with Crippen LogP contribution in [-0.4, -0.2) is 35.3 Å². The van der Waals surface area contributed by atoms with Crippen molar-refractivity contribution in [2.45, 2.75) is 38.6 Å². The summed E-state index contributed by atoms with van der Waals surface area (Å²) in [6, 6.07) is 11.7. The first kappa shape index (κ1) is 20.6. The zero-order valence-corrected chi connectivity index (χ0v) is 17.5. The molecular formula is C23H24N4O4. The largest absolute Gasteiger partial charge is 0.325 e. The Labute approximate surface area is 180 Å². The van der Waals surface area contributed by atoms with Crippen LogP contribution in [0.3, 0.4) is 0 Å². The summed E-state index contributed by atoms with van der Waals surface area (Å²) in [4.78, 5) is 51.3. The molecule has 1 aliphatic carbocycles. The van der Waals surface area contributed by atoms with Crippen LogP contribution >= 0.6 is 0 Å². The Morgan fingerprint density at radius 2 is 1.90 bits per heavy atom. The summed E-state index contributed by atoms with van der Waals surface area (Å²) in [6.07, 6.45) is 2.06. The van der Waals surface area contributed by atoms with Crippen LogP contribution < -0.4 is 16.0 Å². The molecule has 0 saturated carbocycles. The molecule has 0 radical (unpaired) electrons. The lowest BCUT2D eigenvalue weighted by Crippen LogP contribution is -2.47.